The Morgan fingerprint density at radius 1 is 1.35 bits per heavy atom. The van der Waals surface area contributed by atoms with E-state index in [0.717, 1.165) is 0 Å². The first-order valence-corrected chi connectivity index (χ1v) is 5.86. The number of benzene rings is 1. The summed E-state index contributed by atoms with van der Waals surface area (Å²) in [5.41, 5.74) is 5.55. The number of nitrogens with one attached hydrogen (secondary N) is 1. The molecule has 0 aliphatic carbocycles. The van der Waals surface area contributed by atoms with Crippen LogP contribution in [-0.4, -0.2) is 36.0 Å². The van der Waals surface area contributed by atoms with Crippen molar-refractivity contribution in [2.24, 2.45) is 5.73 Å². The maximum Gasteiger partial charge on any atom is 0.326 e. The Hall–Kier alpha value is -2.57. The summed E-state index contributed by atoms with van der Waals surface area (Å²) >= 11 is 0. The van der Waals surface area contributed by atoms with E-state index in [1.165, 1.54) is 7.11 Å². The third-order valence-corrected chi connectivity index (χ3v) is 2.58. The van der Waals surface area contributed by atoms with Gasteiger partial charge >= 0.3 is 5.97 Å². The van der Waals surface area contributed by atoms with Crippen LogP contribution in [0.1, 0.15) is 12.0 Å². The van der Waals surface area contributed by atoms with E-state index in [0.29, 0.717) is 11.3 Å². The lowest BCUT2D eigenvalue weighted by atomic mass is 10.1. The van der Waals surface area contributed by atoms with Gasteiger partial charge in [0.15, 0.2) is 0 Å². The van der Waals surface area contributed by atoms with E-state index in [-0.39, 0.29) is 6.42 Å². The van der Waals surface area contributed by atoms with E-state index < -0.39 is 30.2 Å². The van der Waals surface area contributed by atoms with Gasteiger partial charge in [0.2, 0.25) is 11.8 Å². The van der Waals surface area contributed by atoms with Crippen LogP contribution in [0.5, 0.6) is 5.75 Å². The quantitative estimate of drug-likeness (QED) is 0.632. The van der Waals surface area contributed by atoms with Gasteiger partial charge in [-0.2, -0.15) is 0 Å². The number of amides is 2. The molecule has 2 amide bonds. The zero-order valence-electron chi connectivity index (χ0n) is 11.0. The summed E-state index contributed by atoms with van der Waals surface area (Å²) in [4.78, 5) is 33.4. The first kappa shape index (κ1) is 15.5. The Morgan fingerprint density at radius 3 is 2.55 bits per heavy atom. The molecule has 1 atom stereocenters. The van der Waals surface area contributed by atoms with Crippen molar-refractivity contribution in [3.8, 4) is 5.75 Å². The van der Waals surface area contributed by atoms with Crippen molar-refractivity contribution in [3.63, 3.8) is 0 Å². The van der Waals surface area contributed by atoms with Crippen LogP contribution in [0.4, 0.5) is 0 Å². The number of primary amides is 1. The molecule has 4 N–H and O–H groups in total. The fourth-order valence-corrected chi connectivity index (χ4v) is 1.67. The Morgan fingerprint density at radius 2 is 2.00 bits per heavy atom. The largest absolute Gasteiger partial charge is 0.496 e. The summed E-state index contributed by atoms with van der Waals surface area (Å²) in [5, 5.41) is 11.1. The second-order valence-electron chi connectivity index (χ2n) is 4.12. The number of para-hydroxylation sites is 1. The number of aliphatic carboxylic acids is 1. The van der Waals surface area contributed by atoms with E-state index in [1.807, 2.05) is 0 Å². The van der Waals surface area contributed by atoms with E-state index in [4.69, 9.17) is 15.6 Å². The van der Waals surface area contributed by atoms with Gasteiger partial charge in [-0.1, -0.05) is 18.2 Å². The topological polar surface area (TPSA) is 119 Å². The predicted octanol–water partition coefficient (Wildman–Crippen LogP) is -0.317. The summed E-state index contributed by atoms with van der Waals surface area (Å²) in [6, 6.07) is 5.56. The van der Waals surface area contributed by atoms with E-state index in [2.05, 4.69) is 5.32 Å². The SMILES string of the molecule is COc1ccccc1CC(=O)N[C@H](CC(N)=O)C(=O)O. The van der Waals surface area contributed by atoms with Gasteiger partial charge in [-0.25, -0.2) is 4.79 Å². The van der Waals surface area contributed by atoms with Gasteiger partial charge in [-0.05, 0) is 6.07 Å². The number of carboxylic acids is 1. The van der Waals surface area contributed by atoms with Crippen LogP contribution in [0.3, 0.4) is 0 Å². The normalized spacial score (nSPS) is 11.4. The van der Waals surface area contributed by atoms with Crippen LogP contribution in [-0.2, 0) is 20.8 Å². The second kappa shape index (κ2) is 7.13. The van der Waals surface area contributed by atoms with Crippen LogP contribution >= 0.6 is 0 Å². The fraction of sp³-hybridized carbons (Fsp3) is 0.308. The van der Waals surface area contributed by atoms with Crippen LogP contribution in [0.15, 0.2) is 24.3 Å². The number of carbonyl (C=O) groups excluding carboxylic acids is 2. The highest BCUT2D eigenvalue weighted by Crippen LogP contribution is 2.17. The third kappa shape index (κ3) is 4.60. The standard InChI is InChI=1S/C13H16N2O5/c1-20-10-5-3-2-4-8(10)6-12(17)15-9(13(18)19)7-11(14)16/h2-5,9H,6-7H2,1H3,(H2,14,16)(H,15,17)(H,18,19)/t9-/m1/s1. The van der Waals surface area contributed by atoms with Gasteiger partial charge in [0.05, 0.1) is 20.0 Å². The molecule has 0 aromatic heterocycles. The summed E-state index contributed by atoms with van der Waals surface area (Å²) in [6.07, 6.45) is -0.500. The molecule has 0 unspecified atom stereocenters. The average molecular weight is 280 g/mol. The Bertz CT molecular complexity index is 515. The second-order valence-corrected chi connectivity index (χ2v) is 4.12. The molecule has 7 nitrogen and oxygen atoms in total. The molecule has 0 saturated heterocycles. The molecule has 1 aromatic rings. The Balaban J connectivity index is 2.70. The number of carboxylic acid groups (broad SMARTS) is 1. The Labute approximate surface area is 115 Å². The minimum Gasteiger partial charge on any atom is -0.496 e. The average Bonchev–Trinajstić information content (AvgIpc) is 2.37. The van der Waals surface area contributed by atoms with E-state index in [1.54, 1.807) is 24.3 Å². The third-order valence-electron chi connectivity index (χ3n) is 2.58. The molecule has 1 rings (SSSR count). The van der Waals surface area contributed by atoms with Gasteiger partial charge in [0.25, 0.3) is 0 Å². The van der Waals surface area contributed by atoms with Crippen molar-refractivity contribution < 1.29 is 24.2 Å². The molecule has 0 aliphatic rings. The molecule has 0 fully saturated rings. The minimum absolute atomic E-state index is 0.0491. The molecule has 0 aliphatic heterocycles. The van der Waals surface area contributed by atoms with Crippen LogP contribution in [0.25, 0.3) is 0 Å². The molecule has 20 heavy (non-hydrogen) atoms. The number of ether oxygens (including phenoxy) is 1. The highest BCUT2D eigenvalue weighted by Gasteiger charge is 2.22. The smallest absolute Gasteiger partial charge is 0.326 e. The first-order valence-electron chi connectivity index (χ1n) is 5.86. The monoisotopic (exact) mass is 280 g/mol. The highest BCUT2D eigenvalue weighted by molar-refractivity contribution is 5.89. The van der Waals surface area contributed by atoms with Crippen LogP contribution < -0.4 is 15.8 Å². The van der Waals surface area contributed by atoms with Crippen molar-refractivity contribution >= 4 is 17.8 Å². The summed E-state index contributed by atoms with van der Waals surface area (Å²) in [7, 11) is 1.48. The number of nitrogens with two attached hydrogens (primary N) is 1. The zero-order chi connectivity index (χ0) is 15.1. The van der Waals surface area contributed by atoms with Crippen molar-refractivity contribution in [1.82, 2.24) is 5.32 Å². The first-order chi connectivity index (χ1) is 9.43. The van der Waals surface area contributed by atoms with Gasteiger partial charge < -0.3 is 20.9 Å². The highest BCUT2D eigenvalue weighted by atomic mass is 16.5. The molecular weight excluding hydrogens is 264 g/mol. The molecule has 0 heterocycles. The number of rotatable bonds is 7. The zero-order valence-corrected chi connectivity index (χ0v) is 11.0. The van der Waals surface area contributed by atoms with E-state index >= 15 is 0 Å². The van der Waals surface area contributed by atoms with E-state index in [9.17, 15) is 14.4 Å². The lowest BCUT2D eigenvalue weighted by Crippen LogP contribution is -2.43. The fourth-order valence-electron chi connectivity index (χ4n) is 1.67. The maximum atomic E-state index is 11.8. The molecule has 0 bridgehead atoms. The van der Waals surface area contributed by atoms with Crippen molar-refractivity contribution in [2.45, 2.75) is 18.9 Å². The number of carbonyl (C=O) groups is 3. The molecule has 0 saturated carbocycles. The van der Waals surface area contributed by atoms with Crippen molar-refractivity contribution in [1.29, 1.82) is 0 Å². The van der Waals surface area contributed by atoms with Crippen LogP contribution in [0.2, 0.25) is 0 Å². The molecule has 1 aromatic carbocycles. The van der Waals surface area contributed by atoms with Gasteiger partial charge in [-0.15, -0.1) is 0 Å². The maximum absolute atomic E-state index is 11.8. The summed E-state index contributed by atoms with van der Waals surface area (Å²) in [6.45, 7) is 0. The lowest BCUT2D eigenvalue weighted by Gasteiger charge is -2.13. The molecule has 7 heteroatoms. The lowest BCUT2D eigenvalue weighted by molar-refractivity contribution is -0.143. The van der Waals surface area contributed by atoms with Gasteiger partial charge in [-0.3, -0.25) is 9.59 Å². The van der Waals surface area contributed by atoms with Gasteiger partial charge in [0, 0.05) is 5.56 Å². The van der Waals surface area contributed by atoms with Crippen molar-refractivity contribution in [2.75, 3.05) is 7.11 Å². The van der Waals surface area contributed by atoms with Gasteiger partial charge in [0.1, 0.15) is 11.8 Å². The number of methoxy groups -OCH3 is 1. The Kier molecular flexibility index (Phi) is 5.52. The number of hydrogen-bond acceptors (Lipinski definition) is 4. The molecule has 0 spiro atoms. The summed E-state index contributed by atoms with van der Waals surface area (Å²) < 4.78 is 5.09. The summed E-state index contributed by atoms with van der Waals surface area (Å²) in [5.74, 6) is -2.10. The molecule has 0 radical (unpaired) electrons. The molecule has 108 valence electrons. The minimum atomic E-state index is -1.32. The number of hydrogen-bond donors (Lipinski definition) is 3. The molecular formula is C13H16N2O5. The van der Waals surface area contributed by atoms with Crippen molar-refractivity contribution in [3.05, 3.63) is 29.8 Å². The van der Waals surface area contributed by atoms with Crippen LogP contribution in [0, 0.1) is 0 Å². The predicted molar refractivity (Wildman–Crippen MR) is 70.1 cm³/mol.